The molecule has 1 atom stereocenters. The minimum atomic E-state index is -0.116. The van der Waals surface area contributed by atoms with E-state index in [1.807, 2.05) is 37.3 Å². The molecule has 1 aliphatic rings. The number of nitrogens with one attached hydrogen (secondary N) is 1. The lowest BCUT2D eigenvalue weighted by Crippen LogP contribution is -2.26. The zero-order chi connectivity index (χ0) is 15.4. The molecule has 0 bridgehead atoms. The number of aromatic nitrogens is 1. The fraction of sp³-hybridized carbons (Fsp3) is 0.333. The Bertz CT molecular complexity index is 639. The maximum absolute atomic E-state index is 12.3. The third kappa shape index (κ3) is 3.85. The van der Waals surface area contributed by atoms with E-state index in [9.17, 15) is 4.79 Å². The number of ether oxygens (including phenoxy) is 1. The minimum absolute atomic E-state index is 0.0438. The molecular formula is C18H20N2O2. The van der Waals surface area contributed by atoms with Gasteiger partial charge in [0.2, 0.25) is 5.88 Å². The van der Waals surface area contributed by atoms with E-state index in [1.165, 1.54) is 12.8 Å². The number of rotatable bonds is 6. The van der Waals surface area contributed by atoms with Gasteiger partial charge < -0.3 is 10.1 Å². The molecule has 4 heteroatoms. The first-order valence-electron chi connectivity index (χ1n) is 7.67. The van der Waals surface area contributed by atoms with Crippen LogP contribution in [-0.4, -0.2) is 17.5 Å². The molecule has 1 unspecified atom stereocenters. The first kappa shape index (κ1) is 14.6. The van der Waals surface area contributed by atoms with Crippen LogP contribution in [0, 0.1) is 5.92 Å². The molecule has 0 spiro atoms. The molecule has 1 N–H and O–H groups in total. The number of carbonyl (C=O) groups excluding carboxylic acids is 1. The van der Waals surface area contributed by atoms with Gasteiger partial charge in [0.15, 0.2) is 0 Å². The molecule has 1 aromatic carbocycles. The minimum Gasteiger partial charge on any atom is -0.477 e. The largest absolute Gasteiger partial charge is 0.477 e. The van der Waals surface area contributed by atoms with Crippen molar-refractivity contribution in [2.75, 3.05) is 6.61 Å². The molecule has 1 saturated carbocycles. The van der Waals surface area contributed by atoms with E-state index >= 15 is 0 Å². The predicted molar refractivity (Wildman–Crippen MR) is 84.8 cm³/mol. The van der Waals surface area contributed by atoms with Crippen molar-refractivity contribution in [1.29, 1.82) is 0 Å². The Morgan fingerprint density at radius 2 is 2.09 bits per heavy atom. The van der Waals surface area contributed by atoms with Crippen molar-refractivity contribution < 1.29 is 9.53 Å². The van der Waals surface area contributed by atoms with Crippen molar-refractivity contribution in [1.82, 2.24) is 10.3 Å². The maximum atomic E-state index is 12.3. The average molecular weight is 296 g/mol. The number of hydrogen-bond donors (Lipinski definition) is 1. The van der Waals surface area contributed by atoms with Gasteiger partial charge in [-0.2, -0.15) is 0 Å². The number of benzene rings is 1. The van der Waals surface area contributed by atoms with E-state index in [0.29, 0.717) is 24.0 Å². The predicted octanol–water partition coefficient (Wildman–Crippen LogP) is 3.36. The van der Waals surface area contributed by atoms with E-state index in [4.69, 9.17) is 4.74 Å². The van der Waals surface area contributed by atoms with Gasteiger partial charge in [0.1, 0.15) is 0 Å². The van der Waals surface area contributed by atoms with Gasteiger partial charge >= 0.3 is 0 Å². The van der Waals surface area contributed by atoms with Gasteiger partial charge in [-0.25, -0.2) is 4.98 Å². The highest BCUT2D eigenvalue weighted by atomic mass is 16.5. The molecule has 0 aliphatic heterocycles. The summed E-state index contributed by atoms with van der Waals surface area (Å²) >= 11 is 0. The summed E-state index contributed by atoms with van der Waals surface area (Å²) in [6.07, 6.45) is 4.08. The Balaban J connectivity index is 1.62. The number of pyridine rings is 1. The molecule has 114 valence electrons. The highest BCUT2D eigenvalue weighted by Crippen LogP contribution is 2.29. The quantitative estimate of drug-likeness (QED) is 0.889. The van der Waals surface area contributed by atoms with Crippen LogP contribution in [0.25, 0.3) is 0 Å². The first-order chi connectivity index (χ1) is 10.7. The number of amides is 1. The SMILES string of the molecule is CC(NC(=O)c1ccnc(OCC2CC2)c1)c1ccccc1. The Kier molecular flexibility index (Phi) is 4.37. The van der Waals surface area contributed by atoms with Crippen LogP contribution in [-0.2, 0) is 0 Å². The standard InChI is InChI=1S/C18H20N2O2/c1-13(15-5-3-2-4-6-15)20-18(21)16-9-10-19-17(11-16)22-12-14-7-8-14/h2-6,9-11,13-14H,7-8,12H2,1H3,(H,20,21). The van der Waals surface area contributed by atoms with E-state index in [0.717, 1.165) is 5.56 Å². The molecular weight excluding hydrogens is 276 g/mol. The molecule has 4 nitrogen and oxygen atoms in total. The second kappa shape index (κ2) is 6.60. The van der Waals surface area contributed by atoms with Crippen LogP contribution in [0.5, 0.6) is 5.88 Å². The number of carbonyl (C=O) groups is 1. The zero-order valence-corrected chi connectivity index (χ0v) is 12.7. The van der Waals surface area contributed by atoms with Crippen molar-refractivity contribution in [2.24, 2.45) is 5.92 Å². The van der Waals surface area contributed by atoms with Crippen LogP contribution in [0.1, 0.15) is 41.7 Å². The molecule has 0 saturated heterocycles. The van der Waals surface area contributed by atoms with Crippen LogP contribution in [0.2, 0.25) is 0 Å². The lowest BCUT2D eigenvalue weighted by atomic mass is 10.1. The monoisotopic (exact) mass is 296 g/mol. The van der Waals surface area contributed by atoms with E-state index < -0.39 is 0 Å². The fourth-order valence-corrected chi connectivity index (χ4v) is 2.22. The van der Waals surface area contributed by atoms with Gasteiger partial charge in [-0.05, 0) is 37.3 Å². The Morgan fingerprint density at radius 1 is 1.32 bits per heavy atom. The van der Waals surface area contributed by atoms with Crippen molar-refractivity contribution in [3.05, 3.63) is 59.8 Å². The summed E-state index contributed by atoms with van der Waals surface area (Å²) in [7, 11) is 0. The summed E-state index contributed by atoms with van der Waals surface area (Å²) in [6, 6.07) is 13.3. The molecule has 1 fully saturated rings. The fourth-order valence-electron chi connectivity index (χ4n) is 2.22. The number of hydrogen-bond acceptors (Lipinski definition) is 3. The van der Waals surface area contributed by atoms with Gasteiger partial charge in [-0.15, -0.1) is 0 Å². The molecule has 2 aromatic rings. The van der Waals surface area contributed by atoms with Crippen molar-refractivity contribution in [2.45, 2.75) is 25.8 Å². The van der Waals surface area contributed by atoms with E-state index in [-0.39, 0.29) is 11.9 Å². The van der Waals surface area contributed by atoms with E-state index in [2.05, 4.69) is 10.3 Å². The lowest BCUT2D eigenvalue weighted by Gasteiger charge is -2.14. The maximum Gasteiger partial charge on any atom is 0.252 e. The van der Waals surface area contributed by atoms with Gasteiger partial charge in [0.05, 0.1) is 12.6 Å². The highest BCUT2D eigenvalue weighted by Gasteiger charge is 2.22. The molecule has 1 amide bonds. The van der Waals surface area contributed by atoms with Crippen LogP contribution in [0.3, 0.4) is 0 Å². The van der Waals surface area contributed by atoms with Crippen LogP contribution >= 0.6 is 0 Å². The molecule has 0 radical (unpaired) electrons. The summed E-state index contributed by atoms with van der Waals surface area (Å²) in [5.41, 5.74) is 1.65. The molecule has 1 heterocycles. The van der Waals surface area contributed by atoms with Crippen LogP contribution < -0.4 is 10.1 Å². The number of nitrogens with zero attached hydrogens (tertiary/aromatic N) is 1. The van der Waals surface area contributed by atoms with Gasteiger partial charge in [-0.1, -0.05) is 30.3 Å². The second-order valence-electron chi connectivity index (χ2n) is 5.74. The van der Waals surface area contributed by atoms with E-state index in [1.54, 1.807) is 18.3 Å². The van der Waals surface area contributed by atoms with Crippen LogP contribution in [0.4, 0.5) is 0 Å². The van der Waals surface area contributed by atoms with Gasteiger partial charge in [0, 0.05) is 17.8 Å². The Hall–Kier alpha value is -2.36. The van der Waals surface area contributed by atoms with Crippen molar-refractivity contribution >= 4 is 5.91 Å². The molecule has 1 aliphatic carbocycles. The summed E-state index contributed by atoms with van der Waals surface area (Å²) < 4.78 is 5.62. The Morgan fingerprint density at radius 3 is 2.82 bits per heavy atom. The van der Waals surface area contributed by atoms with Gasteiger partial charge in [0.25, 0.3) is 5.91 Å². The summed E-state index contributed by atoms with van der Waals surface area (Å²) in [5.74, 6) is 1.07. The molecule has 22 heavy (non-hydrogen) atoms. The third-order valence-electron chi connectivity index (χ3n) is 3.81. The lowest BCUT2D eigenvalue weighted by molar-refractivity contribution is 0.0939. The smallest absolute Gasteiger partial charge is 0.252 e. The summed E-state index contributed by atoms with van der Waals surface area (Å²) in [5, 5.41) is 2.99. The normalized spacial score (nSPS) is 15.1. The van der Waals surface area contributed by atoms with Gasteiger partial charge in [-0.3, -0.25) is 4.79 Å². The average Bonchev–Trinajstić information content (AvgIpc) is 3.38. The van der Waals surface area contributed by atoms with Crippen LogP contribution in [0.15, 0.2) is 48.7 Å². The Labute approximate surface area is 130 Å². The molecule has 1 aromatic heterocycles. The second-order valence-corrected chi connectivity index (χ2v) is 5.74. The zero-order valence-electron chi connectivity index (χ0n) is 12.7. The third-order valence-corrected chi connectivity index (χ3v) is 3.81. The summed E-state index contributed by atoms with van der Waals surface area (Å²) in [6.45, 7) is 2.66. The summed E-state index contributed by atoms with van der Waals surface area (Å²) in [4.78, 5) is 16.5. The topological polar surface area (TPSA) is 51.2 Å². The molecule has 3 rings (SSSR count). The highest BCUT2D eigenvalue weighted by molar-refractivity contribution is 5.94. The first-order valence-corrected chi connectivity index (χ1v) is 7.67. The van der Waals surface area contributed by atoms with Crippen molar-refractivity contribution in [3.8, 4) is 5.88 Å². The van der Waals surface area contributed by atoms with Crippen molar-refractivity contribution in [3.63, 3.8) is 0 Å².